The van der Waals surface area contributed by atoms with Crippen LogP contribution in [0.3, 0.4) is 0 Å². The van der Waals surface area contributed by atoms with E-state index in [0.29, 0.717) is 0 Å². The maximum Gasteiger partial charge on any atom is 0.113 e. The van der Waals surface area contributed by atoms with E-state index >= 15 is 0 Å². The first-order valence-corrected chi connectivity index (χ1v) is 7.60. The van der Waals surface area contributed by atoms with E-state index in [4.69, 9.17) is 17.3 Å². The second kappa shape index (κ2) is 6.91. The summed E-state index contributed by atoms with van der Waals surface area (Å²) in [6.45, 7) is 4.25. The molecule has 2 N–H and O–H groups in total. The molecule has 0 saturated carbocycles. The largest absolute Gasteiger partial charge is 0.327 e. The molecule has 3 nitrogen and oxygen atoms in total. The number of imidazole rings is 1. The maximum atomic E-state index is 6.39. The molecule has 0 saturated heterocycles. The highest BCUT2D eigenvalue weighted by molar-refractivity contribution is 6.31. The van der Waals surface area contributed by atoms with Crippen molar-refractivity contribution in [2.45, 2.75) is 45.6 Å². The topological polar surface area (TPSA) is 43.8 Å². The van der Waals surface area contributed by atoms with E-state index in [1.54, 1.807) is 0 Å². The summed E-state index contributed by atoms with van der Waals surface area (Å²) in [5, 5.41) is 0.780. The van der Waals surface area contributed by atoms with Crippen LogP contribution in [0.2, 0.25) is 5.02 Å². The minimum absolute atomic E-state index is 0.169. The first kappa shape index (κ1) is 15.1. The normalized spacial score (nSPS) is 12.6. The van der Waals surface area contributed by atoms with Crippen LogP contribution in [0, 0.1) is 0 Å². The van der Waals surface area contributed by atoms with Gasteiger partial charge in [-0.05, 0) is 37.0 Å². The molecule has 0 radical (unpaired) electrons. The lowest BCUT2D eigenvalue weighted by atomic mass is 10.0. The van der Waals surface area contributed by atoms with Crippen molar-refractivity contribution in [3.63, 3.8) is 0 Å². The lowest BCUT2D eigenvalue weighted by Crippen LogP contribution is -2.21. The smallest absolute Gasteiger partial charge is 0.113 e. The highest BCUT2D eigenvalue weighted by Crippen LogP contribution is 2.23. The highest BCUT2D eigenvalue weighted by atomic mass is 35.5. The van der Waals surface area contributed by atoms with E-state index in [1.807, 2.05) is 18.5 Å². The van der Waals surface area contributed by atoms with E-state index in [0.717, 1.165) is 47.8 Å². The number of rotatable bonds is 6. The Bertz CT molecular complexity index is 563. The monoisotopic (exact) mass is 291 g/mol. The van der Waals surface area contributed by atoms with Crippen molar-refractivity contribution in [3.05, 3.63) is 47.0 Å². The van der Waals surface area contributed by atoms with Gasteiger partial charge in [-0.15, -0.1) is 0 Å². The first-order chi connectivity index (χ1) is 9.65. The van der Waals surface area contributed by atoms with Gasteiger partial charge in [0, 0.05) is 35.6 Å². The van der Waals surface area contributed by atoms with Crippen molar-refractivity contribution < 1.29 is 0 Å². The number of nitrogens with two attached hydrogens (primary N) is 1. The Morgan fingerprint density at radius 3 is 2.80 bits per heavy atom. The lowest BCUT2D eigenvalue weighted by molar-refractivity contribution is 0.646. The SMILES string of the molecule is CCCc1nccn1-c1ccc(CC(N)CC)c(Cl)c1. The highest BCUT2D eigenvalue weighted by Gasteiger charge is 2.09. The van der Waals surface area contributed by atoms with Crippen molar-refractivity contribution >= 4 is 11.6 Å². The molecule has 0 aliphatic rings. The molecule has 0 aliphatic carbocycles. The summed E-state index contributed by atoms with van der Waals surface area (Å²) in [7, 11) is 0. The predicted octanol–water partition coefficient (Wildman–Crippen LogP) is 3.76. The summed E-state index contributed by atoms with van der Waals surface area (Å²) in [5.41, 5.74) is 8.17. The first-order valence-electron chi connectivity index (χ1n) is 7.22. The summed E-state index contributed by atoms with van der Waals surface area (Å²) in [5.74, 6) is 1.07. The molecule has 1 heterocycles. The van der Waals surface area contributed by atoms with Crippen molar-refractivity contribution in [1.29, 1.82) is 0 Å². The number of halogens is 1. The van der Waals surface area contributed by atoms with Gasteiger partial charge in [-0.25, -0.2) is 4.98 Å². The average molecular weight is 292 g/mol. The maximum absolute atomic E-state index is 6.39. The van der Waals surface area contributed by atoms with Crippen LogP contribution >= 0.6 is 11.6 Å². The Hall–Kier alpha value is -1.32. The molecule has 0 bridgehead atoms. The van der Waals surface area contributed by atoms with E-state index in [9.17, 15) is 0 Å². The molecule has 2 rings (SSSR count). The van der Waals surface area contributed by atoms with Gasteiger partial charge in [-0.3, -0.25) is 0 Å². The van der Waals surface area contributed by atoms with Crippen LogP contribution in [0.1, 0.15) is 38.1 Å². The van der Waals surface area contributed by atoms with Crippen molar-refractivity contribution in [2.75, 3.05) is 0 Å². The zero-order chi connectivity index (χ0) is 14.5. The molecule has 1 atom stereocenters. The molecule has 1 aromatic carbocycles. The Balaban J connectivity index is 2.26. The fourth-order valence-electron chi connectivity index (χ4n) is 2.26. The van der Waals surface area contributed by atoms with Crippen LogP contribution in [-0.2, 0) is 12.8 Å². The fraction of sp³-hybridized carbons (Fsp3) is 0.438. The summed E-state index contributed by atoms with van der Waals surface area (Å²) in [6.07, 6.45) is 7.64. The molecule has 2 aromatic rings. The van der Waals surface area contributed by atoms with E-state index in [1.165, 1.54) is 0 Å². The number of hydrogen-bond donors (Lipinski definition) is 1. The van der Waals surface area contributed by atoms with Gasteiger partial charge in [0.2, 0.25) is 0 Å². The van der Waals surface area contributed by atoms with Gasteiger partial charge >= 0.3 is 0 Å². The van der Waals surface area contributed by atoms with Crippen LogP contribution < -0.4 is 5.73 Å². The van der Waals surface area contributed by atoms with Gasteiger partial charge in [0.25, 0.3) is 0 Å². The molecule has 4 heteroatoms. The molecule has 108 valence electrons. The Morgan fingerprint density at radius 2 is 2.15 bits per heavy atom. The Labute approximate surface area is 125 Å². The Kier molecular flexibility index (Phi) is 5.21. The molecule has 1 unspecified atom stereocenters. The van der Waals surface area contributed by atoms with Gasteiger partial charge in [-0.2, -0.15) is 0 Å². The van der Waals surface area contributed by atoms with Gasteiger partial charge in [0.15, 0.2) is 0 Å². The van der Waals surface area contributed by atoms with Crippen molar-refractivity contribution in [1.82, 2.24) is 9.55 Å². The zero-order valence-corrected chi connectivity index (χ0v) is 12.9. The molecule has 0 spiro atoms. The summed E-state index contributed by atoms with van der Waals surface area (Å²) in [4.78, 5) is 4.40. The van der Waals surface area contributed by atoms with E-state index in [2.05, 4.69) is 35.5 Å². The standard InChI is InChI=1S/C16H22ClN3/c1-3-5-16-19-8-9-20(16)14-7-6-12(15(17)11-14)10-13(18)4-2/h6-9,11,13H,3-5,10,18H2,1-2H3. The van der Waals surface area contributed by atoms with Gasteiger partial charge in [-0.1, -0.05) is 31.5 Å². The van der Waals surface area contributed by atoms with Gasteiger partial charge in [0.1, 0.15) is 5.82 Å². The van der Waals surface area contributed by atoms with Gasteiger partial charge in [0.05, 0.1) is 0 Å². The van der Waals surface area contributed by atoms with Crippen molar-refractivity contribution in [2.24, 2.45) is 5.73 Å². The third kappa shape index (κ3) is 3.41. The van der Waals surface area contributed by atoms with Crippen LogP contribution in [0.4, 0.5) is 0 Å². The van der Waals surface area contributed by atoms with Crippen LogP contribution in [0.15, 0.2) is 30.6 Å². The number of nitrogens with zero attached hydrogens (tertiary/aromatic N) is 2. The number of hydrogen-bond acceptors (Lipinski definition) is 2. The lowest BCUT2D eigenvalue weighted by Gasteiger charge is -2.13. The third-order valence-corrected chi connectivity index (χ3v) is 3.86. The van der Waals surface area contributed by atoms with Gasteiger partial charge < -0.3 is 10.3 Å². The molecule has 0 aliphatic heterocycles. The van der Waals surface area contributed by atoms with Crippen molar-refractivity contribution in [3.8, 4) is 5.69 Å². The number of aryl methyl sites for hydroxylation is 1. The molecule has 0 amide bonds. The molecule has 1 aromatic heterocycles. The van der Waals surface area contributed by atoms with Crippen LogP contribution in [0.5, 0.6) is 0 Å². The summed E-state index contributed by atoms with van der Waals surface area (Å²) < 4.78 is 2.10. The third-order valence-electron chi connectivity index (χ3n) is 3.51. The summed E-state index contributed by atoms with van der Waals surface area (Å²) in [6, 6.07) is 6.33. The van der Waals surface area contributed by atoms with Crippen LogP contribution in [-0.4, -0.2) is 15.6 Å². The fourth-order valence-corrected chi connectivity index (χ4v) is 2.51. The molecular weight excluding hydrogens is 270 g/mol. The average Bonchev–Trinajstić information content (AvgIpc) is 2.89. The van der Waals surface area contributed by atoms with E-state index < -0.39 is 0 Å². The Morgan fingerprint density at radius 1 is 1.35 bits per heavy atom. The quantitative estimate of drug-likeness (QED) is 0.881. The van der Waals surface area contributed by atoms with Crippen LogP contribution in [0.25, 0.3) is 5.69 Å². The minimum atomic E-state index is 0.169. The predicted molar refractivity (Wildman–Crippen MR) is 84.5 cm³/mol. The second-order valence-corrected chi connectivity index (χ2v) is 5.52. The van der Waals surface area contributed by atoms with E-state index in [-0.39, 0.29) is 6.04 Å². The second-order valence-electron chi connectivity index (χ2n) is 5.11. The molecule has 0 fully saturated rings. The minimum Gasteiger partial charge on any atom is -0.327 e. The zero-order valence-electron chi connectivity index (χ0n) is 12.1. The number of aromatic nitrogens is 2. The molecular formula is C16H22ClN3. The summed E-state index contributed by atoms with van der Waals surface area (Å²) >= 11 is 6.39. The number of benzene rings is 1. The molecule has 20 heavy (non-hydrogen) atoms.